The highest BCUT2D eigenvalue weighted by Crippen LogP contribution is 2.26. The van der Waals surface area contributed by atoms with Crippen LogP contribution >= 0.6 is 0 Å². The molecule has 0 aromatic heterocycles. The van der Waals surface area contributed by atoms with Crippen LogP contribution in [0.25, 0.3) is 12.2 Å². The zero-order valence-corrected chi connectivity index (χ0v) is 14.8. The molecule has 1 fully saturated rings. The molecule has 0 radical (unpaired) electrons. The van der Waals surface area contributed by atoms with Gasteiger partial charge in [-0.05, 0) is 29.8 Å². The summed E-state index contributed by atoms with van der Waals surface area (Å²) >= 11 is 0. The maximum atomic E-state index is 10.00. The summed E-state index contributed by atoms with van der Waals surface area (Å²) in [6.45, 7) is -0.529. The van der Waals surface area contributed by atoms with Crippen molar-refractivity contribution in [3.05, 3.63) is 53.6 Å². The lowest BCUT2D eigenvalue weighted by Crippen LogP contribution is -2.60. The van der Waals surface area contributed by atoms with Crippen LogP contribution in [0.3, 0.4) is 0 Å². The molecule has 5 atom stereocenters. The first-order valence-electron chi connectivity index (χ1n) is 8.66. The fraction of sp³-hybridized carbons (Fsp3) is 0.300. The minimum absolute atomic E-state index is 0.0238. The predicted octanol–water partition coefficient (Wildman–Crippen LogP) is 0.447. The van der Waals surface area contributed by atoms with Crippen LogP contribution in [0.4, 0.5) is 0 Å². The Labute approximate surface area is 161 Å². The van der Waals surface area contributed by atoms with Gasteiger partial charge in [-0.15, -0.1) is 0 Å². The Kier molecular flexibility index (Phi) is 6.18. The Hall–Kier alpha value is -2.62. The Morgan fingerprint density at radius 2 is 1.61 bits per heavy atom. The quantitative estimate of drug-likeness (QED) is 0.405. The molecule has 0 aliphatic carbocycles. The van der Waals surface area contributed by atoms with E-state index in [1.54, 1.807) is 42.5 Å². The molecule has 0 saturated carbocycles. The van der Waals surface area contributed by atoms with E-state index < -0.39 is 37.3 Å². The number of aliphatic hydroxyl groups is 4. The van der Waals surface area contributed by atoms with Crippen LogP contribution in [-0.4, -0.2) is 68.0 Å². The van der Waals surface area contributed by atoms with Crippen molar-refractivity contribution in [2.75, 3.05) is 6.61 Å². The molecule has 0 spiro atoms. The van der Waals surface area contributed by atoms with Gasteiger partial charge >= 0.3 is 0 Å². The van der Waals surface area contributed by atoms with Crippen molar-refractivity contribution in [2.45, 2.75) is 30.7 Å². The molecule has 0 unspecified atom stereocenters. The zero-order chi connectivity index (χ0) is 20.3. The third-order valence-electron chi connectivity index (χ3n) is 4.45. The van der Waals surface area contributed by atoms with Crippen molar-refractivity contribution in [2.24, 2.45) is 0 Å². The van der Waals surface area contributed by atoms with Crippen molar-refractivity contribution >= 4 is 12.2 Å². The molecule has 1 aliphatic rings. The van der Waals surface area contributed by atoms with Crippen LogP contribution in [0.15, 0.2) is 42.5 Å². The van der Waals surface area contributed by atoms with Gasteiger partial charge in [-0.3, -0.25) is 0 Å². The molecular weight excluding hydrogens is 368 g/mol. The van der Waals surface area contributed by atoms with Crippen LogP contribution in [0.1, 0.15) is 11.1 Å². The lowest BCUT2D eigenvalue weighted by atomic mass is 9.99. The van der Waals surface area contributed by atoms with Gasteiger partial charge in [0.2, 0.25) is 6.29 Å². The van der Waals surface area contributed by atoms with Gasteiger partial charge in [-0.1, -0.05) is 24.3 Å². The molecule has 150 valence electrons. The number of phenols is 2. The third-order valence-corrected chi connectivity index (χ3v) is 4.45. The summed E-state index contributed by atoms with van der Waals surface area (Å²) in [5, 5.41) is 57.8. The van der Waals surface area contributed by atoms with E-state index in [4.69, 9.17) is 9.47 Å². The summed E-state index contributed by atoms with van der Waals surface area (Å²) in [6, 6.07) is 11.0. The van der Waals surface area contributed by atoms with Gasteiger partial charge in [0.15, 0.2) is 0 Å². The number of rotatable bonds is 5. The summed E-state index contributed by atoms with van der Waals surface area (Å²) < 4.78 is 10.8. The van der Waals surface area contributed by atoms with Crippen LogP contribution in [0, 0.1) is 0 Å². The van der Waals surface area contributed by atoms with E-state index in [1.165, 1.54) is 12.1 Å². The average Bonchev–Trinajstić information content (AvgIpc) is 2.69. The number of aliphatic hydroxyl groups excluding tert-OH is 4. The van der Waals surface area contributed by atoms with E-state index >= 15 is 0 Å². The van der Waals surface area contributed by atoms with Crippen LogP contribution < -0.4 is 4.74 Å². The van der Waals surface area contributed by atoms with E-state index in [-0.39, 0.29) is 11.5 Å². The van der Waals surface area contributed by atoms with E-state index in [0.717, 1.165) is 5.56 Å². The molecule has 0 bridgehead atoms. The highest BCUT2D eigenvalue weighted by atomic mass is 16.7. The Morgan fingerprint density at radius 1 is 0.893 bits per heavy atom. The largest absolute Gasteiger partial charge is 0.508 e. The van der Waals surface area contributed by atoms with Crippen LogP contribution in [0.5, 0.6) is 17.2 Å². The Morgan fingerprint density at radius 3 is 2.25 bits per heavy atom. The summed E-state index contributed by atoms with van der Waals surface area (Å²) in [4.78, 5) is 0. The maximum Gasteiger partial charge on any atom is 0.229 e. The number of hydrogen-bond donors (Lipinski definition) is 6. The molecule has 2 aromatic rings. The van der Waals surface area contributed by atoms with Crippen molar-refractivity contribution in [3.8, 4) is 17.2 Å². The number of hydrogen-bond acceptors (Lipinski definition) is 8. The lowest BCUT2D eigenvalue weighted by Gasteiger charge is -2.39. The molecule has 0 amide bonds. The van der Waals surface area contributed by atoms with Crippen molar-refractivity contribution in [1.29, 1.82) is 0 Å². The Bertz CT molecular complexity index is 817. The van der Waals surface area contributed by atoms with E-state index in [0.29, 0.717) is 11.3 Å². The van der Waals surface area contributed by atoms with Gasteiger partial charge < -0.3 is 40.1 Å². The molecular formula is C20H22O8. The first kappa shape index (κ1) is 20.1. The van der Waals surface area contributed by atoms with E-state index in [1.807, 2.05) is 0 Å². The second kappa shape index (κ2) is 8.59. The molecule has 28 heavy (non-hydrogen) atoms. The molecule has 8 heteroatoms. The van der Waals surface area contributed by atoms with E-state index in [9.17, 15) is 30.6 Å². The minimum atomic E-state index is -1.50. The molecule has 1 aliphatic heterocycles. The highest BCUT2D eigenvalue weighted by Gasteiger charge is 2.44. The van der Waals surface area contributed by atoms with Gasteiger partial charge in [0, 0.05) is 11.6 Å². The molecule has 1 heterocycles. The fourth-order valence-electron chi connectivity index (χ4n) is 2.82. The summed E-state index contributed by atoms with van der Waals surface area (Å²) in [6.07, 6.45) is -3.27. The SMILES string of the molecule is OC[C@H]1O[C@@H](Oc2ccc(/C=C\c3ccc(O)cc3O)cc2)[C@H](O)[C@@H](O)[C@@H]1O. The van der Waals surface area contributed by atoms with Crippen molar-refractivity contribution < 1.29 is 40.1 Å². The molecule has 3 rings (SSSR count). The normalized spacial score (nSPS) is 27.8. The monoisotopic (exact) mass is 390 g/mol. The first-order valence-corrected chi connectivity index (χ1v) is 8.66. The molecule has 2 aromatic carbocycles. The van der Waals surface area contributed by atoms with Gasteiger partial charge in [0.05, 0.1) is 6.61 Å². The third kappa shape index (κ3) is 4.44. The number of ether oxygens (including phenoxy) is 2. The Balaban J connectivity index is 1.66. The van der Waals surface area contributed by atoms with Crippen LogP contribution in [-0.2, 0) is 4.74 Å². The average molecular weight is 390 g/mol. The maximum absolute atomic E-state index is 10.00. The minimum Gasteiger partial charge on any atom is -0.508 e. The zero-order valence-electron chi connectivity index (χ0n) is 14.8. The van der Waals surface area contributed by atoms with E-state index in [2.05, 4.69) is 0 Å². The van der Waals surface area contributed by atoms with Gasteiger partial charge in [-0.25, -0.2) is 0 Å². The first-order chi connectivity index (χ1) is 13.4. The second-order valence-electron chi connectivity index (χ2n) is 6.46. The lowest BCUT2D eigenvalue weighted by molar-refractivity contribution is -0.277. The van der Waals surface area contributed by atoms with Gasteiger partial charge in [0.1, 0.15) is 41.7 Å². The van der Waals surface area contributed by atoms with Crippen molar-refractivity contribution in [1.82, 2.24) is 0 Å². The summed E-state index contributed by atoms with van der Waals surface area (Å²) in [7, 11) is 0. The summed E-state index contributed by atoms with van der Waals surface area (Å²) in [5.41, 5.74) is 1.34. The molecule has 1 saturated heterocycles. The highest BCUT2D eigenvalue weighted by molar-refractivity contribution is 5.73. The second-order valence-corrected chi connectivity index (χ2v) is 6.46. The predicted molar refractivity (Wildman–Crippen MR) is 99.5 cm³/mol. The standard InChI is InChI=1S/C20H22O8/c21-10-16-17(24)18(25)19(26)20(28-16)27-14-7-2-11(3-8-14)1-4-12-5-6-13(22)9-15(12)23/h1-9,16-26H,10H2/b4-1-/t16-,17-,18+,19-,20-/m1/s1. The van der Waals surface area contributed by atoms with Crippen LogP contribution in [0.2, 0.25) is 0 Å². The molecule has 8 nitrogen and oxygen atoms in total. The number of aromatic hydroxyl groups is 2. The topological polar surface area (TPSA) is 140 Å². The van der Waals surface area contributed by atoms with Gasteiger partial charge in [0.25, 0.3) is 0 Å². The van der Waals surface area contributed by atoms with Gasteiger partial charge in [-0.2, -0.15) is 0 Å². The van der Waals surface area contributed by atoms with Crippen molar-refractivity contribution in [3.63, 3.8) is 0 Å². The number of benzene rings is 2. The molecule has 6 N–H and O–H groups in total. The fourth-order valence-corrected chi connectivity index (χ4v) is 2.82. The number of phenolic OH excluding ortho intramolecular Hbond substituents is 2. The summed E-state index contributed by atoms with van der Waals surface area (Å²) in [5.74, 6) is 0.289. The smallest absolute Gasteiger partial charge is 0.229 e.